The molecule has 0 radical (unpaired) electrons. The number of hydrogen-bond donors (Lipinski definition) is 1. The topological polar surface area (TPSA) is 64.6 Å². The quantitative estimate of drug-likeness (QED) is 0.853. The van der Waals surface area contributed by atoms with Crippen LogP contribution in [0.1, 0.15) is 19.8 Å². The van der Waals surface area contributed by atoms with E-state index in [4.69, 9.17) is 32.7 Å². The maximum atomic E-state index is 12.3. The van der Waals surface area contributed by atoms with E-state index in [-0.39, 0.29) is 27.6 Å². The molecule has 1 aromatic rings. The van der Waals surface area contributed by atoms with Crippen molar-refractivity contribution in [3.8, 4) is 5.75 Å². The zero-order valence-corrected chi connectivity index (χ0v) is 13.9. The van der Waals surface area contributed by atoms with Gasteiger partial charge in [0.25, 0.3) is 0 Å². The van der Waals surface area contributed by atoms with Crippen molar-refractivity contribution in [1.82, 2.24) is 4.72 Å². The molecule has 1 fully saturated rings. The Balaban J connectivity index is 2.16. The van der Waals surface area contributed by atoms with Crippen molar-refractivity contribution >= 4 is 33.2 Å². The molecule has 118 valence electrons. The van der Waals surface area contributed by atoms with Crippen LogP contribution in [0, 0.1) is 0 Å². The van der Waals surface area contributed by atoms with E-state index in [1.165, 1.54) is 12.1 Å². The first-order valence-electron chi connectivity index (χ1n) is 6.67. The molecule has 0 bridgehead atoms. The molecule has 2 rings (SSSR count). The van der Waals surface area contributed by atoms with Crippen molar-refractivity contribution in [3.05, 3.63) is 22.2 Å². The third kappa shape index (κ3) is 4.23. The van der Waals surface area contributed by atoms with Crippen LogP contribution in [0.3, 0.4) is 0 Å². The summed E-state index contributed by atoms with van der Waals surface area (Å²) >= 11 is 12.0. The van der Waals surface area contributed by atoms with E-state index in [9.17, 15) is 8.42 Å². The normalized spacial score (nSPS) is 18.9. The van der Waals surface area contributed by atoms with Gasteiger partial charge in [-0.3, -0.25) is 0 Å². The van der Waals surface area contributed by atoms with E-state index >= 15 is 0 Å². The Morgan fingerprint density at radius 3 is 2.76 bits per heavy atom. The third-order valence-electron chi connectivity index (χ3n) is 3.10. The minimum absolute atomic E-state index is 0.0596. The Bertz CT molecular complexity index is 600. The molecule has 1 aliphatic rings. The number of rotatable bonds is 6. The van der Waals surface area contributed by atoms with Gasteiger partial charge in [-0.05, 0) is 25.8 Å². The van der Waals surface area contributed by atoms with Gasteiger partial charge in [0, 0.05) is 19.2 Å². The number of nitrogens with one attached hydrogen (secondary N) is 1. The van der Waals surface area contributed by atoms with Gasteiger partial charge in [-0.15, -0.1) is 0 Å². The zero-order chi connectivity index (χ0) is 15.5. The summed E-state index contributed by atoms with van der Waals surface area (Å²) in [6.45, 7) is 3.11. The van der Waals surface area contributed by atoms with E-state index in [2.05, 4.69) is 4.72 Å². The van der Waals surface area contributed by atoms with Gasteiger partial charge in [-0.25, -0.2) is 13.1 Å². The zero-order valence-electron chi connectivity index (χ0n) is 11.6. The average Bonchev–Trinajstić information content (AvgIpc) is 2.94. The predicted molar refractivity (Wildman–Crippen MR) is 81.8 cm³/mol. The van der Waals surface area contributed by atoms with Crippen molar-refractivity contribution in [1.29, 1.82) is 0 Å². The van der Waals surface area contributed by atoms with Crippen LogP contribution in [-0.4, -0.2) is 34.3 Å². The monoisotopic (exact) mass is 353 g/mol. The third-order valence-corrected chi connectivity index (χ3v) is 5.28. The molecule has 0 spiro atoms. The average molecular weight is 354 g/mol. The molecule has 5 nitrogen and oxygen atoms in total. The lowest BCUT2D eigenvalue weighted by molar-refractivity contribution is 0.114. The maximum Gasteiger partial charge on any atom is 0.242 e. The van der Waals surface area contributed by atoms with Gasteiger partial charge in [0.05, 0.1) is 22.8 Å². The highest BCUT2D eigenvalue weighted by molar-refractivity contribution is 7.89. The second kappa shape index (κ2) is 7.15. The molecule has 0 aliphatic carbocycles. The maximum absolute atomic E-state index is 12.3. The molecule has 21 heavy (non-hydrogen) atoms. The number of halogens is 2. The number of benzene rings is 1. The summed E-state index contributed by atoms with van der Waals surface area (Å²) in [6.07, 6.45) is 1.71. The van der Waals surface area contributed by atoms with Gasteiger partial charge in [-0.2, -0.15) is 0 Å². The van der Waals surface area contributed by atoms with Crippen LogP contribution in [-0.2, 0) is 14.8 Å². The van der Waals surface area contributed by atoms with Gasteiger partial charge in [-0.1, -0.05) is 23.2 Å². The molecule has 1 N–H and O–H groups in total. The second-order valence-electron chi connectivity index (χ2n) is 4.63. The fraction of sp³-hybridized carbons (Fsp3) is 0.538. The van der Waals surface area contributed by atoms with Crippen LogP contribution in [0.2, 0.25) is 10.0 Å². The summed E-state index contributed by atoms with van der Waals surface area (Å²) in [6, 6.07) is 2.71. The van der Waals surface area contributed by atoms with Crippen molar-refractivity contribution in [2.24, 2.45) is 0 Å². The SMILES string of the molecule is CCOc1cc(Cl)c(S(=O)(=O)NC[C@@H]2CCCO2)cc1Cl. The summed E-state index contributed by atoms with van der Waals surface area (Å²) < 4.78 is 37.7. The van der Waals surface area contributed by atoms with Crippen LogP contribution in [0.15, 0.2) is 17.0 Å². The molecule has 0 unspecified atom stereocenters. The number of ether oxygens (including phenoxy) is 2. The largest absolute Gasteiger partial charge is 0.492 e. The molecule has 1 saturated heterocycles. The second-order valence-corrected chi connectivity index (χ2v) is 7.18. The van der Waals surface area contributed by atoms with Gasteiger partial charge >= 0.3 is 0 Å². The number of hydrogen-bond acceptors (Lipinski definition) is 4. The van der Waals surface area contributed by atoms with Crippen molar-refractivity contribution in [2.75, 3.05) is 19.8 Å². The van der Waals surface area contributed by atoms with Crippen LogP contribution >= 0.6 is 23.2 Å². The van der Waals surface area contributed by atoms with Crippen molar-refractivity contribution < 1.29 is 17.9 Å². The molecule has 1 aliphatic heterocycles. The first-order chi connectivity index (χ1) is 9.94. The Labute approximate surface area is 134 Å². The van der Waals surface area contributed by atoms with E-state index in [0.29, 0.717) is 19.0 Å². The van der Waals surface area contributed by atoms with Gasteiger partial charge in [0.15, 0.2) is 0 Å². The summed E-state index contributed by atoms with van der Waals surface area (Å²) in [7, 11) is -3.73. The summed E-state index contributed by atoms with van der Waals surface area (Å²) in [5.41, 5.74) is 0. The fourth-order valence-electron chi connectivity index (χ4n) is 2.07. The van der Waals surface area contributed by atoms with Crippen LogP contribution in [0.5, 0.6) is 5.75 Å². The van der Waals surface area contributed by atoms with E-state index in [1.807, 2.05) is 0 Å². The molecular weight excluding hydrogens is 337 g/mol. The Hall–Kier alpha value is -0.530. The molecular formula is C13H17Cl2NO4S. The minimum Gasteiger partial charge on any atom is -0.492 e. The lowest BCUT2D eigenvalue weighted by Crippen LogP contribution is -2.32. The predicted octanol–water partition coefficient (Wildman–Crippen LogP) is 2.85. The van der Waals surface area contributed by atoms with E-state index < -0.39 is 10.0 Å². The molecule has 0 saturated carbocycles. The molecule has 1 aromatic carbocycles. The summed E-state index contributed by atoms with van der Waals surface area (Å²) in [5.74, 6) is 0.363. The van der Waals surface area contributed by atoms with Crippen molar-refractivity contribution in [2.45, 2.75) is 30.8 Å². The van der Waals surface area contributed by atoms with Gasteiger partial charge < -0.3 is 9.47 Å². The first-order valence-corrected chi connectivity index (χ1v) is 8.91. The smallest absolute Gasteiger partial charge is 0.242 e. The lowest BCUT2D eigenvalue weighted by atomic mass is 10.2. The molecule has 1 heterocycles. The highest BCUT2D eigenvalue weighted by atomic mass is 35.5. The molecule has 0 aromatic heterocycles. The Morgan fingerprint density at radius 1 is 1.38 bits per heavy atom. The van der Waals surface area contributed by atoms with E-state index in [0.717, 1.165) is 12.8 Å². The van der Waals surface area contributed by atoms with Crippen molar-refractivity contribution in [3.63, 3.8) is 0 Å². The standard InChI is InChI=1S/C13H17Cl2NO4S/c1-2-19-12-6-11(15)13(7-10(12)14)21(17,18)16-8-9-4-3-5-20-9/h6-7,9,16H,2-5,8H2,1H3/t9-/m0/s1. The van der Waals surface area contributed by atoms with Crippen LogP contribution < -0.4 is 9.46 Å². The molecule has 0 amide bonds. The fourth-order valence-corrected chi connectivity index (χ4v) is 3.96. The molecule has 8 heteroatoms. The van der Waals surface area contributed by atoms with Crippen LogP contribution in [0.4, 0.5) is 0 Å². The Kier molecular flexibility index (Phi) is 5.73. The minimum atomic E-state index is -3.73. The molecule has 1 atom stereocenters. The van der Waals surface area contributed by atoms with Crippen LogP contribution in [0.25, 0.3) is 0 Å². The lowest BCUT2D eigenvalue weighted by Gasteiger charge is -2.14. The highest BCUT2D eigenvalue weighted by Gasteiger charge is 2.23. The Morgan fingerprint density at radius 2 is 2.14 bits per heavy atom. The van der Waals surface area contributed by atoms with Gasteiger partial charge in [0.2, 0.25) is 10.0 Å². The van der Waals surface area contributed by atoms with Gasteiger partial charge in [0.1, 0.15) is 10.6 Å². The first kappa shape index (κ1) is 16.8. The highest BCUT2D eigenvalue weighted by Crippen LogP contribution is 2.33. The summed E-state index contributed by atoms with van der Waals surface area (Å²) in [5, 5.41) is 0.279. The van der Waals surface area contributed by atoms with E-state index in [1.54, 1.807) is 6.92 Å². The summed E-state index contributed by atoms with van der Waals surface area (Å²) in [4.78, 5) is -0.0596. The number of sulfonamides is 1.